The van der Waals surface area contributed by atoms with Gasteiger partial charge in [-0.25, -0.2) is 8.42 Å². The molecule has 1 aromatic heterocycles. The van der Waals surface area contributed by atoms with E-state index in [0.717, 1.165) is 0 Å². The molecule has 8 nitrogen and oxygen atoms in total. The van der Waals surface area contributed by atoms with Crippen molar-refractivity contribution in [3.05, 3.63) is 48.3 Å². The van der Waals surface area contributed by atoms with Crippen LogP contribution in [0.1, 0.15) is 10.5 Å². The third-order valence-corrected chi connectivity index (χ3v) is 4.11. The molecule has 2 rings (SSSR count). The number of rotatable bonds is 6. The summed E-state index contributed by atoms with van der Waals surface area (Å²) in [5.74, 6) is -0.0231. The summed E-state index contributed by atoms with van der Waals surface area (Å²) in [4.78, 5) is 17.5. The predicted molar refractivity (Wildman–Crippen MR) is 81.6 cm³/mol. The van der Waals surface area contributed by atoms with Crippen molar-refractivity contribution in [2.75, 3.05) is 14.2 Å². The van der Waals surface area contributed by atoms with Crippen LogP contribution in [0.5, 0.6) is 11.5 Å². The Hall–Kier alpha value is -2.65. The highest BCUT2D eigenvalue weighted by Crippen LogP contribution is 2.29. The quantitative estimate of drug-likeness (QED) is 0.752. The van der Waals surface area contributed by atoms with Crippen LogP contribution in [0, 0.1) is 0 Å². The molecule has 1 aromatic carbocycles. The monoisotopic (exact) mass is 337 g/mol. The van der Waals surface area contributed by atoms with Crippen molar-refractivity contribution in [2.24, 2.45) is 0 Å². The van der Waals surface area contributed by atoms with Crippen molar-refractivity contribution < 1.29 is 22.7 Å². The Kier molecular flexibility index (Phi) is 5.14. The molecule has 0 saturated carbocycles. The second-order valence-electron chi connectivity index (χ2n) is 4.29. The summed E-state index contributed by atoms with van der Waals surface area (Å²) in [5, 5.41) is 0. The van der Waals surface area contributed by atoms with Crippen molar-refractivity contribution in [1.29, 1.82) is 0 Å². The lowest BCUT2D eigenvalue weighted by molar-refractivity contribution is 0.0940. The molecular formula is C14H15N3O5S. The number of nitrogens with one attached hydrogen (secondary N) is 2. The highest BCUT2D eigenvalue weighted by molar-refractivity contribution is 7.89. The van der Waals surface area contributed by atoms with E-state index in [1.165, 1.54) is 44.7 Å². The Labute approximate surface area is 133 Å². The number of sulfonamides is 1. The van der Waals surface area contributed by atoms with Crippen LogP contribution in [0.2, 0.25) is 0 Å². The average molecular weight is 337 g/mol. The van der Waals surface area contributed by atoms with Crippen molar-refractivity contribution >= 4 is 15.9 Å². The largest absolute Gasteiger partial charge is 0.493 e. The molecule has 0 radical (unpaired) electrons. The maximum absolute atomic E-state index is 12.2. The van der Waals surface area contributed by atoms with E-state index in [4.69, 9.17) is 9.47 Å². The molecule has 2 N–H and O–H groups in total. The van der Waals surface area contributed by atoms with E-state index < -0.39 is 15.9 Å². The van der Waals surface area contributed by atoms with Crippen LogP contribution in [0.4, 0.5) is 0 Å². The van der Waals surface area contributed by atoms with Gasteiger partial charge in [-0.15, -0.1) is 4.83 Å². The standard InChI is InChI=1S/C14H15N3O5S/c1-21-12-7-6-10(9-13(12)22-2)23(19,20)17-16-14(18)11-5-3-4-8-15-11/h3-9,17H,1-2H3,(H,16,18). The van der Waals surface area contributed by atoms with Gasteiger partial charge in [0.1, 0.15) is 5.69 Å². The van der Waals surface area contributed by atoms with Gasteiger partial charge in [0.05, 0.1) is 19.1 Å². The fourth-order valence-electron chi connectivity index (χ4n) is 1.72. The van der Waals surface area contributed by atoms with Gasteiger partial charge in [-0.3, -0.25) is 15.2 Å². The second kappa shape index (κ2) is 7.07. The zero-order chi connectivity index (χ0) is 16.9. The summed E-state index contributed by atoms with van der Waals surface area (Å²) in [6.45, 7) is 0. The molecule has 9 heteroatoms. The molecule has 0 spiro atoms. The first kappa shape index (κ1) is 16.7. The van der Waals surface area contributed by atoms with Crippen LogP contribution in [0.3, 0.4) is 0 Å². The molecule has 23 heavy (non-hydrogen) atoms. The lowest BCUT2D eigenvalue weighted by Crippen LogP contribution is -2.41. The molecule has 0 aliphatic carbocycles. The minimum atomic E-state index is -3.97. The lowest BCUT2D eigenvalue weighted by Gasteiger charge is -2.11. The molecule has 0 bridgehead atoms. The van der Waals surface area contributed by atoms with Crippen molar-refractivity contribution in [3.8, 4) is 11.5 Å². The third kappa shape index (κ3) is 3.96. The van der Waals surface area contributed by atoms with Gasteiger partial charge in [0, 0.05) is 12.3 Å². The van der Waals surface area contributed by atoms with Gasteiger partial charge in [-0.05, 0) is 24.3 Å². The summed E-state index contributed by atoms with van der Waals surface area (Å²) < 4.78 is 34.5. The van der Waals surface area contributed by atoms with Gasteiger partial charge in [0.15, 0.2) is 11.5 Å². The Morgan fingerprint density at radius 2 is 1.83 bits per heavy atom. The van der Waals surface area contributed by atoms with E-state index >= 15 is 0 Å². The lowest BCUT2D eigenvalue weighted by atomic mass is 10.3. The number of hydrogen-bond acceptors (Lipinski definition) is 6. The average Bonchev–Trinajstić information content (AvgIpc) is 2.59. The van der Waals surface area contributed by atoms with Crippen LogP contribution in [0.25, 0.3) is 0 Å². The molecule has 0 aliphatic heterocycles. The summed E-state index contributed by atoms with van der Waals surface area (Å²) in [7, 11) is -1.13. The fraction of sp³-hybridized carbons (Fsp3) is 0.143. The van der Waals surface area contributed by atoms with Gasteiger partial charge in [0.25, 0.3) is 15.9 Å². The molecule has 0 atom stereocenters. The van der Waals surface area contributed by atoms with E-state index in [1.54, 1.807) is 12.1 Å². The third-order valence-electron chi connectivity index (χ3n) is 2.86. The number of aromatic nitrogens is 1. The van der Waals surface area contributed by atoms with Crippen molar-refractivity contribution in [3.63, 3.8) is 0 Å². The smallest absolute Gasteiger partial charge is 0.284 e. The van der Waals surface area contributed by atoms with E-state index in [1.807, 2.05) is 4.83 Å². The van der Waals surface area contributed by atoms with E-state index in [-0.39, 0.29) is 16.3 Å². The molecular weight excluding hydrogens is 322 g/mol. The molecule has 2 aromatic rings. The highest BCUT2D eigenvalue weighted by atomic mass is 32.2. The van der Waals surface area contributed by atoms with Crippen LogP contribution < -0.4 is 19.7 Å². The van der Waals surface area contributed by atoms with E-state index in [0.29, 0.717) is 5.75 Å². The maximum Gasteiger partial charge on any atom is 0.284 e. The zero-order valence-electron chi connectivity index (χ0n) is 12.4. The first-order valence-electron chi connectivity index (χ1n) is 6.43. The number of carbonyl (C=O) groups is 1. The number of pyridine rings is 1. The first-order valence-corrected chi connectivity index (χ1v) is 7.91. The number of carbonyl (C=O) groups excluding carboxylic acids is 1. The molecule has 0 unspecified atom stereocenters. The molecule has 1 heterocycles. The molecule has 1 amide bonds. The van der Waals surface area contributed by atoms with Gasteiger partial charge < -0.3 is 9.47 Å². The Morgan fingerprint density at radius 1 is 1.09 bits per heavy atom. The van der Waals surface area contributed by atoms with Crippen LogP contribution in [-0.4, -0.2) is 33.5 Å². The SMILES string of the molecule is COc1ccc(S(=O)(=O)NNC(=O)c2ccccn2)cc1OC. The number of nitrogens with zero attached hydrogens (tertiary/aromatic N) is 1. The van der Waals surface area contributed by atoms with Crippen LogP contribution in [0.15, 0.2) is 47.5 Å². The highest BCUT2D eigenvalue weighted by Gasteiger charge is 2.18. The van der Waals surface area contributed by atoms with Crippen molar-refractivity contribution in [1.82, 2.24) is 15.2 Å². The normalized spacial score (nSPS) is 10.9. The minimum absolute atomic E-state index is 0.0857. The van der Waals surface area contributed by atoms with Gasteiger partial charge in [-0.2, -0.15) is 0 Å². The van der Waals surface area contributed by atoms with Gasteiger partial charge in [-0.1, -0.05) is 6.07 Å². The Morgan fingerprint density at radius 3 is 2.43 bits per heavy atom. The van der Waals surface area contributed by atoms with E-state index in [9.17, 15) is 13.2 Å². The van der Waals surface area contributed by atoms with Crippen LogP contribution >= 0.6 is 0 Å². The summed E-state index contributed by atoms with van der Waals surface area (Å²) in [6.07, 6.45) is 1.43. The molecule has 0 saturated heterocycles. The fourth-order valence-corrected chi connectivity index (χ4v) is 2.57. The van der Waals surface area contributed by atoms with E-state index in [2.05, 4.69) is 10.4 Å². The topological polar surface area (TPSA) is 107 Å². The van der Waals surface area contributed by atoms with Gasteiger partial charge >= 0.3 is 0 Å². The minimum Gasteiger partial charge on any atom is -0.493 e. The number of ether oxygens (including phenoxy) is 2. The summed E-state index contributed by atoms with van der Waals surface area (Å²) in [6, 6.07) is 8.79. The predicted octanol–water partition coefficient (Wildman–Crippen LogP) is 0.722. The Bertz CT molecular complexity index is 793. The molecule has 122 valence electrons. The number of methoxy groups -OCH3 is 2. The Balaban J connectivity index is 2.14. The first-order chi connectivity index (χ1) is 11.0. The zero-order valence-corrected chi connectivity index (χ0v) is 13.3. The summed E-state index contributed by atoms with van der Waals surface area (Å²) >= 11 is 0. The number of benzene rings is 1. The van der Waals surface area contributed by atoms with Crippen molar-refractivity contribution in [2.45, 2.75) is 4.90 Å². The maximum atomic E-state index is 12.2. The van der Waals surface area contributed by atoms with Gasteiger partial charge in [0.2, 0.25) is 0 Å². The summed E-state index contributed by atoms with van der Waals surface area (Å²) in [5.41, 5.74) is 2.18. The second-order valence-corrected chi connectivity index (χ2v) is 5.97. The number of hydrazine groups is 1. The number of hydrogen-bond donors (Lipinski definition) is 2. The molecule has 0 fully saturated rings. The molecule has 0 aliphatic rings. The van der Waals surface area contributed by atoms with Crippen LogP contribution in [-0.2, 0) is 10.0 Å². The number of amides is 1.